The Kier molecular flexibility index (Phi) is 5.64. The van der Waals surface area contributed by atoms with Crippen molar-refractivity contribution in [3.8, 4) is 6.07 Å². The Bertz CT molecular complexity index is 816. The summed E-state index contributed by atoms with van der Waals surface area (Å²) in [5.41, 5.74) is 7.62. The smallest absolute Gasteiger partial charge is 0.229 e. The normalized spacial score (nSPS) is 17.0. The number of benzene rings is 1. The van der Waals surface area contributed by atoms with E-state index in [2.05, 4.69) is 27.1 Å². The molecule has 3 rings (SSSR count). The van der Waals surface area contributed by atoms with Crippen LogP contribution in [-0.2, 0) is 6.42 Å². The standard InChI is InChI=1S/C19H23FN6/c1-2-4-15-10-18(26-8-3-5-14(22)12-26)25-19(23-15)24-16-6-7-17(20)13(9-16)11-21/h6-7,9-10,14H,2-5,8,12,22H2,1H3,(H,23,24,25)/t14-/m1/s1. The molecule has 2 aromatic rings. The van der Waals surface area contributed by atoms with Crippen molar-refractivity contribution in [3.05, 3.63) is 41.3 Å². The second kappa shape index (κ2) is 8.11. The summed E-state index contributed by atoms with van der Waals surface area (Å²) < 4.78 is 13.5. The number of hydrogen-bond acceptors (Lipinski definition) is 6. The topological polar surface area (TPSA) is 90.9 Å². The summed E-state index contributed by atoms with van der Waals surface area (Å²) in [6.07, 6.45) is 3.89. The third-order valence-corrected chi connectivity index (χ3v) is 4.40. The van der Waals surface area contributed by atoms with E-state index < -0.39 is 5.82 Å². The van der Waals surface area contributed by atoms with Crippen LogP contribution in [0.4, 0.5) is 21.8 Å². The summed E-state index contributed by atoms with van der Waals surface area (Å²) in [6, 6.07) is 8.31. The summed E-state index contributed by atoms with van der Waals surface area (Å²) in [5.74, 6) is 0.756. The first kappa shape index (κ1) is 18.1. The Hall–Kier alpha value is -2.72. The average Bonchev–Trinajstić information content (AvgIpc) is 2.63. The van der Waals surface area contributed by atoms with Gasteiger partial charge in [0.2, 0.25) is 5.95 Å². The zero-order valence-electron chi connectivity index (χ0n) is 14.9. The Morgan fingerprint density at radius 1 is 1.38 bits per heavy atom. The molecule has 0 saturated carbocycles. The molecule has 1 aromatic heterocycles. The average molecular weight is 354 g/mol. The van der Waals surface area contributed by atoms with Gasteiger partial charge in [-0.05, 0) is 37.5 Å². The fraction of sp³-hybridized carbons (Fsp3) is 0.421. The van der Waals surface area contributed by atoms with Crippen molar-refractivity contribution in [1.29, 1.82) is 5.26 Å². The van der Waals surface area contributed by atoms with E-state index in [1.165, 1.54) is 12.1 Å². The molecular formula is C19H23FN6. The lowest BCUT2D eigenvalue weighted by Crippen LogP contribution is -2.43. The number of aromatic nitrogens is 2. The van der Waals surface area contributed by atoms with E-state index in [4.69, 9.17) is 11.0 Å². The molecule has 0 radical (unpaired) electrons. The van der Waals surface area contributed by atoms with E-state index in [9.17, 15) is 4.39 Å². The molecule has 0 bridgehead atoms. The fourth-order valence-electron chi connectivity index (χ4n) is 3.12. The van der Waals surface area contributed by atoms with Crippen molar-refractivity contribution in [2.75, 3.05) is 23.3 Å². The minimum Gasteiger partial charge on any atom is -0.355 e. The Balaban J connectivity index is 1.89. The quantitative estimate of drug-likeness (QED) is 0.857. The number of nitriles is 1. The third-order valence-electron chi connectivity index (χ3n) is 4.40. The summed E-state index contributed by atoms with van der Waals surface area (Å²) in [7, 11) is 0. The number of halogens is 1. The molecule has 0 amide bonds. The lowest BCUT2D eigenvalue weighted by atomic mass is 10.1. The van der Waals surface area contributed by atoms with Crippen LogP contribution in [0.5, 0.6) is 0 Å². The first-order valence-electron chi connectivity index (χ1n) is 8.94. The van der Waals surface area contributed by atoms with Crippen molar-refractivity contribution in [2.24, 2.45) is 5.73 Å². The van der Waals surface area contributed by atoms with Gasteiger partial charge in [-0.25, -0.2) is 9.37 Å². The van der Waals surface area contributed by atoms with Gasteiger partial charge in [0, 0.05) is 36.6 Å². The molecule has 7 heteroatoms. The molecule has 0 aliphatic carbocycles. The zero-order valence-corrected chi connectivity index (χ0v) is 14.9. The van der Waals surface area contributed by atoms with Crippen molar-refractivity contribution in [3.63, 3.8) is 0 Å². The van der Waals surface area contributed by atoms with Crippen molar-refractivity contribution in [2.45, 2.75) is 38.6 Å². The van der Waals surface area contributed by atoms with E-state index >= 15 is 0 Å². The number of hydrogen-bond donors (Lipinski definition) is 2. The van der Waals surface area contributed by atoms with E-state index in [0.717, 1.165) is 50.3 Å². The largest absolute Gasteiger partial charge is 0.355 e. The molecular weight excluding hydrogens is 331 g/mol. The van der Waals surface area contributed by atoms with E-state index in [1.54, 1.807) is 6.07 Å². The van der Waals surface area contributed by atoms with Gasteiger partial charge in [0.15, 0.2) is 0 Å². The summed E-state index contributed by atoms with van der Waals surface area (Å²) in [6.45, 7) is 3.80. The van der Waals surface area contributed by atoms with Crippen LogP contribution in [0, 0.1) is 17.1 Å². The lowest BCUT2D eigenvalue weighted by Gasteiger charge is -2.32. The second-order valence-electron chi connectivity index (χ2n) is 6.57. The minimum atomic E-state index is -0.540. The molecule has 26 heavy (non-hydrogen) atoms. The molecule has 6 nitrogen and oxygen atoms in total. The van der Waals surface area contributed by atoms with Crippen LogP contribution in [0.25, 0.3) is 0 Å². The maximum atomic E-state index is 13.5. The number of aryl methyl sites for hydroxylation is 1. The van der Waals surface area contributed by atoms with Crippen LogP contribution < -0.4 is 16.0 Å². The number of nitrogens with zero attached hydrogens (tertiary/aromatic N) is 4. The Morgan fingerprint density at radius 2 is 2.23 bits per heavy atom. The van der Waals surface area contributed by atoms with Gasteiger partial charge >= 0.3 is 0 Å². The number of nitrogens with one attached hydrogen (secondary N) is 1. The molecule has 1 aliphatic heterocycles. The second-order valence-corrected chi connectivity index (χ2v) is 6.57. The van der Waals surface area contributed by atoms with E-state index in [0.29, 0.717) is 11.6 Å². The molecule has 1 saturated heterocycles. The molecule has 1 aromatic carbocycles. The minimum absolute atomic E-state index is 0.0121. The summed E-state index contributed by atoms with van der Waals surface area (Å²) in [4.78, 5) is 11.4. The first-order valence-corrected chi connectivity index (χ1v) is 8.94. The highest BCUT2D eigenvalue weighted by Crippen LogP contribution is 2.23. The van der Waals surface area contributed by atoms with E-state index in [-0.39, 0.29) is 11.6 Å². The van der Waals surface area contributed by atoms with Gasteiger partial charge in [-0.3, -0.25) is 0 Å². The van der Waals surface area contributed by atoms with Gasteiger partial charge in [0.1, 0.15) is 17.7 Å². The third kappa shape index (κ3) is 4.27. The molecule has 1 fully saturated rings. The predicted octanol–water partition coefficient (Wildman–Crippen LogP) is 3.11. The van der Waals surface area contributed by atoms with Gasteiger partial charge in [-0.1, -0.05) is 13.3 Å². The van der Waals surface area contributed by atoms with Crippen LogP contribution in [0.15, 0.2) is 24.3 Å². The molecule has 2 heterocycles. The van der Waals surface area contributed by atoms with Crippen LogP contribution >= 0.6 is 0 Å². The van der Waals surface area contributed by atoms with Crippen LogP contribution in [0.3, 0.4) is 0 Å². The zero-order chi connectivity index (χ0) is 18.5. The highest BCUT2D eigenvalue weighted by molar-refractivity contribution is 5.58. The monoisotopic (exact) mass is 354 g/mol. The first-order chi connectivity index (χ1) is 12.6. The maximum absolute atomic E-state index is 13.5. The number of piperidine rings is 1. The van der Waals surface area contributed by atoms with Crippen LogP contribution in [-0.4, -0.2) is 29.1 Å². The molecule has 0 unspecified atom stereocenters. The van der Waals surface area contributed by atoms with E-state index in [1.807, 2.05) is 12.1 Å². The Morgan fingerprint density at radius 3 is 2.96 bits per heavy atom. The van der Waals surface area contributed by atoms with Gasteiger partial charge in [-0.15, -0.1) is 0 Å². The Labute approximate surface area is 152 Å². The summed E-state index contributed by atoms with van der Waals surface area (Å²) in [5, 5.41) is 12.1. The highest BCUT2D eigenvalue weighted by Gasteiger charge is 2.19. The molecule has 1 atom stereocenters. The molecule has 1 aliphatic rings. The molecule has 0 spiro atoms. The van der Waals surface area contributed by atoms with Gasteiger partial charge in [-0.2, -0.15) is 10.2 Å². The fourth-order valence-corrected chi connectivity index (χ4v) is 3.12. The number of anilines is 3. The lowest BCUT2D eigenvalue weighted by molar-refractivity contribution is 0.503. The molecule has 3 N–H and O–H groups in total. The maximum Gasteiger partial charge on any atom is 0.229 e. The van der Waals surface area contributed by atoms with Crippen molar-refractivity contribution >= 4 is 17.5 Å². The van der Waals surface area contributed by atoms with Gasteiger partial charge in [0.05, 0.1) is 5.56 Å². The van der Waals surface area contributed by atoms with Gasteiger partial charge < -0.3 is 16.0 Å². The number of nitrogens with two attached hydrogens (primary N) is 1. The van der Waals surface area contributed by atoms with Crippen molar-refractivity contribution in [1.82, 2.24) is 9.97 Å². The summed E-state index contributed by atoms with van der Waals surface area (Å²) >= 11 is 0. The number of rotatable bonds is 5. The van der Waals surface area contributed by atoms with Gasteiger partial charge in [0.25, 0.3) is 0 Å². The molecule has 136 valence electrons. The van der Waals surface area contributed by atoms with Crippen LogP contribution in [0.1, 0.15) is 37.4 Å². The van der Waals surface area contributed by atoms with Crippen molar-refractivity contribution < 1.29 is 4.39 Å². The highest BCUT2D eigenvalue weighted by atomic mass is 19.1. The SMILES string of the molecule is CCCc1cc(N2CCC[C@@H](N)C2)nc(Nc2ccc(F)c(C#N)c2)n1. The van der Waals surface area contributed by atoms with Crippen LogP contribution in [0.2, 0.25) is 0 Å². The predicted molar refractivity (Wildman–Crippen MR) is 99.8 cm³/mol.